The molecule has 2 rings (SSSR count). The summed E-state index contributed by atoms with van der Waals surface area (Å²) in [5, 5.41) is 19.9. The highest BCUT2D eigenvalue weighted by molar-refractivity contribution is 6.09. The molecule has 33 heavy (non-hydrogen) atoms. The fourth-order valence-electron chi connectivity index (χ4n) is 3.01. The molecule has 8 heteroatoms. The van der Waals surface area contributed by atoms with Crippen molar-refractivity contribution in [2.45, 2.75) is 13.0 Å². The Hall–Kier alpha value is -4.04. The molecule has 0 aliphatic carbocycles. The number of ketones is 1. The van der Waals surface area contributed by atoms with E-state index >= 15 is 0 Å². The minimum atomic E-state index is -0.759. The maximum absolute atomic E-state index is 12.7. The van der Waals surface area contributed by atoms with E-state index in [1.807, 2.05) is 0 Å². The van der Waals surface area contributed by atoms with Gasteiger partial charge in [0.1, 0.15) is 11.5 Å². The van der Waals surface area contributed by atoms with Gasteiger partial charge < -0.3 is 30.2 Å². The second-order valence-electron chi connectivity index (χ2n) is 6.88. The number of aliphatic hydroxyl groups is 2. The summed E-state index contributed by atoms with van der Waals surface area (Å²) in [7, 11) is 4.52. The van der Waals surface area contributed by atoms with Crippen molar-refractivity contribution in [3.05, 3.63) is 76.6 Å². The summed E-state index contributed by atoms with van der Waals surface area (Å²) < 4.78 is 15.6. The number of allylic oxidation sites excluding steroid dienone is 2. The summed E-state index contributed by atoms with van der Waals surface area (Å²) in [6.07, 6.45) is 5.17. The number of methoxy groups -OCH3 is 3. The lowest BCUT2D eigenvalue weighted by atomic mass is 10.0. The number of benzene rings is 2. The topological polar surface area (TPSA) is 128 Å². The standard InChI is InChI=1S/C25H27NO7/c1-31-22-10-6-16(12-18(22)15-27)4-8-20(28)19(14-25(26)30)21(29)9-5-17-7-11-23(32-2)24(13-17)33-3/h4-13,27-28H,14-15H2,1-3H3,(H2,26,30)/b8-4+,9-5+,20-19-. The molecule has 0 aliphatic rings. The van der Waals surface area contributed by atoms with E-state index in [0.29, 0.717) is 33.9 Å². The van der Waals surface area contributed by atoms with Gasteiger partial charge in [0.25, 0.3) is 0 Å². The maximum Gasteiger partial charge on any atom is 0.222 e. The molecule has 0 fully saturated rings. The second-order valence-corrected chi connectivity index (χ2v) is 6.88. The maximum atomic E-state index is 12.7. The van der Waals surface area contributed by atoms with Crippen molar-refractivity contribution in [1.29, 1.82) is 0 Å². The summed E-state index contributed by atoms with van der Waals surface area (Å²) in [4.78, 5) is 24.2. The van der Waals surface area contributed by atoms with E-state index in [1.54, 1.807) is 42.5 Å². The van der Waals surface area contributed by atoms with Gasteiger partial charge in [-0.05, 0) is 47.5 Å². The Bertz CT molecular complexity index is 1100. The van der Waals surface area contributed by atoms with Crippen LogP contribution in [0.15, 0.2) is 59.9 Å². The molecule has 174 valence electrons. The molecule has 0 aliphatic heterocycles. The van der Waals surface area contributed by atoms with Gasteiger partial charge in [-0.25, -0.2) is 0 Å². The van der Waals surface area contributed by atoms with Gasteiger partial charge in [-0.1, -0.05) is 24.3 Å². The Morgan fingerprint density at radius 3 is 2.03 bits per heavy atom. The molecule has 2 aromatic carbocycles. The van der Waals surface area contributed by atoms with Crippen molar-refractivity contribution in [2.24, 2.45) is 5.73 Å². The molecular weight excluding hydrogens is 426 g/mol. The molecular formula is C25H27NO7. The van der Waals surface area contributed by atoms with E-state index in [9.17, 15) is 19.8 Å². The summed E-state index contributed by atoms with van der Waals surface area (Å²) >= 11 is 0. The first-order valence-corrected chi connectivity index (χ1v) is 9.93. The largest absolute Gasteiger partial charge is 0.508 e. The van der Waals surface area contributed by atoms with E-state index in [1.165, 1.54) is 39.6 Å². The van der Waals surface area contributed by atoms with Crippen LogP contribution in [-0.4, -0.2) is 43.2 Å². The molecule has 0 unspecified atom stereocenters. The average molecular weight is 453 g/mol. The zero-order valence-electron chi connectivity index (χ0n) is 18.7. The molecule has 0 atom stereocenters. The summed E-state index contributed by atoms with van der Waals surface area (Å²) in [6.45, 7) is -0.223. The van der Waals surface area contributed by atoms with Crippen molar-refractivity contribution < 1.29 is 34.0 Å². The van der Waals surface area contributed by atoms with E-state index < -0.39 is 23.9 Å². The normalized spacial score (nSPS) is 12.0. The lowest BCUT2D eigenvalue weighted by molar-refractivity contribution is -0.119. The number of primary amides is 1. The minimum Gasteiger partial charge on any atom is -0.508 e. The minimum absolute atomic E-state index is 0.147. The lowest BCUT2D eigenvalue weighted by Crippen LogP contribution is -2.15. The Morgan fingerprint density at radius 2 is 1.45 bits per heavy atom. The Morgan fingerprint density at radius 1 is 0.879 bits per heavy atom. The molecule has 0 spiro atoms. The number of hydrogen-bond acceptors (Lipinski definition) is 7. The zero-order chi connectivity index (χ0) is 24.4. The van der Waals surface area contributed by atoms with Crippen LogP contribution in [0.5, 0.6) is 17.2 Å². The third kappa shape index (κ3) is 6.98. The first kappa shape index (κ1) is 25.2. The molecule has 8 nitrogen and oxygen atoms in total. The average Bonchev–Trinajstić information content (AvgIpc) is 2.83. The van der Waals surface area contributed by atoms with Crippen molar-refractivity contribution in [2.75, 3.05) is 21.3 Å². The van der Waals surface area contributed by atoms with Gasteiger partial charge >= 0.3 is 0 Å². The van der Waals surface area contributed by atoms with Crippen molar-refractivity contribution in [3.8, 4) is 17.2 Å². The Kier molecular flexibility index (Phi) is 9.26. The number of aliphatic hydroxyl groups excluding tert-OH is 2. The summed E-state index contributed by atoms with van der Waals surface area (Å²) in [5.74, 6) is -0.161. The van der Waals surface area contributed by atoms with Crippen LogP contribution in [0.25, 0.3) is 12.2 Å². The summed E-state index contributed by atoms with van der Waals surface area (Å²) in [6, 6.07) is 10.2. The van der Waals surface area contributed by atoms with Crippen LogP contribution >= 0.6 is 0 Å². The fraction of sp³-hybridized carbons (Fsp3) is 0.200. The highest BCUT2D eigenvalue weighted by Gasteiger charge is 2.15. The number of ether oxygens (including phenoxy) is 3. The van der Waals surface area contributed by atoms with Gasteiger partial charge in [0, 0.05) is 5.56 Å². The van der Waals surface area contributed by atoms with Crippen LogP contribution in [0.1, 0.15) is 23.1 Å². The van der Waals surface area contributed by atoms with Crippen LogP contribution in [0.2, 0.25) is 0 Å². The number of rotatable bonds is 11. The van der Waals surface area contributed by atoms with Gasteiger partial charge in [0.2, 0.25) is 5.91 Å². The number of carbonyl (C=O) groups excluding carboxylic acids is 2. The molecule has 0 aromatic heterocycles. The van der Waals surface area contributed by atoms with Crippen molar-refractivity contribution in [3.63, 3.8) is 0 Å². The predicted octanol–water partition coefficient (Wildman–Crippen LogP) is 3.19. The second kappa shape index (κ2) is 12.1. The Balaban J connectivity index is 2.31. The van der Waals surface area contributed by atoms with Crippen LogP contribution < -0.4 is 19.9 Å². The van der Waals surface area contributed by atoms with Gasteiger partial charge in [-0.2, -0.15) is 0 Å². The number of amides is 1. The predicted molar refractivity (Wildman–Crippen MR) is 125 cm³/mol. The van der Waals surface area contributed by atoms with Gasteiger partial charge in [0.05, 0.1) is 39.9 Å². The molecule has 2 aromatic rings. The molecule has 0 bridgehead atoms. The van der Waals surface area contributed by atoms with E-state index in [2.05, 4.69) is 0 Å². The molecule has 4 N–H and O–H groups in total. The first-order valence-electron chi connectivity index (χ1n) is 9.93. The number of hydrogen-bond donors (Lipinski definition) is 3. The molecule has 0 saturated heterocycles. The van der Waals surface area contributed by atoms with Gasteiger partial charge in [0.15, 0.2) is 17.3 Å². The first-order chi connectivity index (χ1) is 15.8. The van der Waals surface area contributed by atoms with Crippen LogP contribution in [0.4, 0.5) is 0 Å². The molecule has 0 saturated carbocycles. The van der Waals surface area contributed by atoms with Crippen LogP contribution in [0, 0.1) is 0 Å². The monoisotopic (exact) mass is 453 g/mol. The van der Waals surface area contributed by atoms with Crippen molar-refractivity contribution in [1.82, 2.24) is 0 Å². The van der Waals surface area contributed by atoms with Crippen LogP contribution in [0.3, 0.4) is 0 Å². The molecule has 0 radical (unpaired) electrons. The van der Waals surface area contributed by atoms with Gasteiger partial charge in [-0.3, -0.25) is 9.59 Å². The highest BCUT2D eigenvalue weighted by atomic mass is 16.5. The Labute approximate surface area is 192 Å². The van der Waals surface area contributed by atoms with E-state index in [-0.39, 0.29) is 12.2 Å². The highest BCUT2D eigenvalue weighted by Crippen LogP contribution is 2.28. The number of nitrogens with two attached hydrogens (primary N) is 1. The molecule has 0 heterocycles. The lowest BCUT2D eigenvalue weighted by Gasteiger charge is -2.08. The third-order valence-electron chi connectivity index (χ3n) is 4.70. The number of carbonyl (C=O) groups is 2. The van der Waals surface area contributed by atoms with E-state index in [4.69, 9.17) is 19.9 Å². The fourth-order valence-corrected chi connectivity index (χ4v) is 3.01. The third-order valence-corrected chi connectivity index (χ3v) is 4.70. The van der Waals surface area contributed by atoms with Gasteiger partial charge in [-0.15, -0.1) is 0 Å². The molecule has 1 amide bonds. The van der Waals surface area contributed by atoms with Crippen LogP contribution in [-0.2, 0) is 16.2 Å². The SMILES string of the molecule is COc1ccc(/C=C/C(O)=C(\CC(N)=O)C(=O)/C=C/c2ccc(OC)c(OC)c2)cc1CO. The quantitative estimate of drug-likeness (QED) is 0.271. The summed E-state index contributed by atoms with van der Waals surface area (Å²) in [5.41, 5.74) is 6.99. The van der Waals surface area contributed by atoms with Crippen molar-refractivity contribution >= 4 is 23.8 Å². The zero-order valence-corrected chi connectivity index (χ0v) is 18.7. The smallest absolute Gasteiger partial charge is 0.222 e. The van der Waals surface area contributed by atoms with E-state index in [0.717, 1.165) is 0 Å².